The Morgan fingerprint density at radius 2 is 2.05 bits per heavy atom. The Labute approximate surface area is 113 Å². The first-order valence-electron chi connectivity index (χ1n) is 6.29. The third-order valence-electron chi connectivity index (χ3n) is 2.86. The van der Waals surface area contributed by atoms with Gasteiger partial charge in [0, 0.05) is 18.5 Å². The van der Waals surface area contributed by atoms with Gasteiger partial charge in [-0.2, -0.15) is 10.2 Å². The van der Waals surface area contributed by atoms with E-state index in [1.165, 1.54) is 0 Å². The molecule has 0 amide bonds. The summed E-state index contributed by atoms with van der Waals surface area (Å²) in [6, 6.07) is 7.81. The number of nitrogens with zero attached hydrogens (tertiary/aromatic N) is 3. The Morgan fingerprint density at radius 1 is 1.32 bits per heavy atom. The van der Waals surface area contributed by atoms with Crippen molar-refractivity contribution in [2.24, 2.45) is 0 Å². The lowest BCUT2D eigenvalue weighted by Crippen LogP contribution is -2.43. The molecule has 0 aliphatic rings. The minimum atomic E-state index is -0.798. The normalized spacial score (nSPS) is 14.6. The van der Waals surface area contributed by atoms with Crippen LogP contribution in [-0.2, 0) is 0 Å². The van der Waals surface area contributed by atoms with Gasteiger partial charge in [-0.05, 0) is 27.1 Å². The van der Waals surface area contributed by atoms with E-state index in [0.29, 0.717) is 13.1 Å². The van der Waals surface area contributed by atoms with Crippen LogP contribution in [0.15, 0.2) is 30.5 Å². The molecule has 0 fully saturated rings. The molecule has 5 heteroatoms. The van der Waals surface area contributed by atoms with Gasteiger partial charge in [-0.15, -0.1) is 0 Å². The first kappa shape index (κ1) is 13.7. The molecular formula is C14H20N4O. The molecule has 0 spiro atoms. The molecule has 2 rings (SSSR count). The zero-order valence-corrected chi connectivity index (χ0v) is 11.6. The number of hydrogen-bond acceptors (Lipinski definition) is 5. The lowest BCUT2D eigenvalue weighted by molar-refractivity contribution is 0.0460. The number of benzene rings is 1. The highest BCUT2D eigenvalue weighted by Crippen LogP contribution is 2.20. The van der Waals surface area contributed by atoms with Crippen molar-refractivity contribution in [3.05, 3.63) is 30.5 Å². The monoisotopic (exact) mass is 260 g/mol. The molecule has 0 aliphatic heterocycles. The lowest BCUT2D eigenvalue weighted by atomic mass is 10.1. The molecule has 1 atom stereocenters. The summed E-state index contributed by atoms with van der Waals surface area (Å²) >= 11 is 0. The van der Waals surface area contributed by atoms with Gasteiger partial charge in [0.2, 0.25) is 0 Å². The molecule has 0 aliphatic carbocycles. The zero-order chi connectivity index (χ0) is 13.9. The maximum Gasteiger partial charge on any atom is 0.0950 e. The molecule has 0 saturated heterocycles. The van der Waals surface area contributed by atoms with Crippen molar-refractivity contribution in [2.75, 3.05) is 32.5 Å². The van der Waals surface area contributed by atoms with Crippen LogP contribution in [0, 0.1) is 0 Å². The number of hydrogen-bond donors (Lipinski definition) is 2. The minimum absolute atomic E-state index is 0.459. The van der Waals surface area contributed by atoms with Crippen LogP contribution in [0.3, 0.4) is 0 Å². The summed E-state index contributed by atoms with van der Waals surface area (Å²) in [5, 5.41) is 22.6. The van der Waals surface area contributed by atoms with E-state index in [2.05, 4.69) is 15.5 Å². The summed E-state index contributed by atoms with van der Waals surface area (Å²) in [4.78, 5) is 1.96. The molecule has 0 saturated carbocycles. The van der Waals surface area contributed by atoms with Crippen molar-refractivity contribution < 1.29 is 5.11 Å². The average Bonchev–Trinajstić information content (AvgIpc) is 2.35. The van der Waals surface area contributed by atoms with Crippen molar-refractivity contribution in [1.82, 2.24) is 15.1 Å². The number of nitrogens with one attached hydrogen (secondary N) is 1. The second kappa shape index (κ2) is 5.50. The van der Waals surface area contributed by atoms with Gasteiger partial charge in [-0.3, -0.25) is 0 Å². The van der Waals surface area contributed by atoms with Crippen molar-refractivity contribution in [3.63, 3.8) is 0 Å². The molecule has 2 N–H and O–H groups in total. The van der Waals surface area contributed by atoms with Crippen molar-refractivity contribution in [2.45, 2.75) is 12.5 Å². The van der Waals surface area contributed by atoms with E-state index in [0.717, 1.165) is 16.6 Å². The summed E-state index contributed by atoms with van der Waals surface area (Å²) in [7, 11) is 3.88. The van der Waals surface area contributed by atoms with E-state index in [1.807, 2.05) is 50.2 Å². The van der Waals surface area contributed by atoms with E-state index >= 15 is 0 Å². The zero-order valence-electron chi connectivity index (χ0n) is 11.6. The fraction of sp³-hybridized carbons (Fsp3) is 0.429. The standard InChI is InChI=1S/C14H20N4O/c1-14(19,10-18(2)3)9-15-13-8-16-17-12-7-5-4-6-11(12)13/h4-8,19H,9-10H2,1-3H3,(H,15,17). The van der Waals surface area contributed by atoms with Crippen LogP contribution in [-0.4, -0.2) is 53.0 Å². The summed E-state index contributed by atoms with van der Waals surface area (Å²) in [6.07, 6.45) is 1.69. The van der Waals surface area contributed by atoms with E-state index < -0.39 is 5.60 Å². The van der Waals surface area contributed by atoms with E-state index in [9.17, 15) is 5.11 Å². The molecule has 1 heterocycles. The molecule has 1 aromatic carbocycles. The molecule has 2 aromatic rings. The van der Waals surface area contributed by atoms with Gasteiger partial charge in [0.15, 0.2) is 0 Å². The minimum Gasteiger partial charge on any atom is -0.387 e. The number of rotatable bonds is 5. The second-order valence-electron chi connectivity index (χ2n) is 5.36. The maximum absolute atomic E-state index is 10.3. The van der Waals surface area contributed by atoms with Crippen molar-refractivity contribution in [1.29, 1.82) is 0 Å². The van der Waals surface area contributed by atoms with Crippen LogP contribution in [0.2, 0.25) is 0 Å². The Hall–Kier alpha value is -1.72. The van der Waals surface area contributed by atoms with Gasteiger partial charge in [-0.1, -0.05) is 18.2 Å². The van der Waals surface area contributed by atoms with Crippen LogP contribution >= 0.6 is 0 Å². The summed E-state index contributed by atoms with van der Waals surface area (Å²) in [6.45, 7) is 2.87. The summed E-state index contributed by atoms with van der Waals surface area (Å²) < 4.78 is 0. The molecule has 102 valence electrons. The fourth-order valence-electron chi connectivity index (χ4n) is 2.17. The first-order valence-corrected chi connectivity index (χ1v) is 6.29. The Balaban J connectivity index is 2.14. The third kappa shape index (κ3) is 3.62. The first-order chi connectivity index (χ1) is 8.98. The predicted molar refractivity (Wildman–Crippen MR) is 77.2 cm³/mol. The van der Waals surface area contributed by atoms with Crippen LogP contribution in [0.4, 0.5) is 5.69 Å². The van der Waals surface area contributed by atoms with Gasteiger partial charge in [-0.25, -0.2) is 0 Å². The highest BCUT2D eigenvalue weighted by molar-refractivity contribution is 5.90. The van der Waals surface area contributed by atoms with Crippen molar-refractivity contribution >= 4 is 16.6 Å². The van der Waals surface area contributed by atoms with Gasteiger partial charge < -0.3 is 15.3 Å². The summed E-state index contributed by atoms with van der Waals surface area (Å²) in [5.41, 5.74) is 0.942. The number of likely N-dealkylation sites (N-methyl/N-ethyl adjacent to an activating group) is 1. The molecule has 1 aromatic heterocycles. The lowest BCUT2D eigenvalue weighted by Gasteiger charge is -2.27. The van der Waals surface area contributed by atoms with Crippen LogP contribution in [0.5, 0.6) is 0 Å². The van der Waals surface area contributed by atoms with Crippen molar-refractivity contribution in [3.8, 4) is 0 Å². The fourth-order valence-corrected chi connectivity index (χ4v) is 2.17. The number of fused-ring (bicyclic) bond motifs is 1. The van der Waals surface area contributed by atoms with E-state index in [1.54, 1.807) is 6.20 Å². The largest absolute Gasteiger partial charge is 0.387 e. The number of anilines is 1. The smallest absolute Gasteiger partial charge is 0.0950 e. The van der Waals surface area contributed by atoms with E-state index in [-0.39, 0.29) is 0 Å². The molecule has 0 bridgehead atoms. The Morgan fingerprint density at radius 3 is 2.79 bits per heavy atom. The van der Waals surface area contributed by atoms with Crippen LogP contribution in [0.1, 0.15) is 6.92 Å². The third-order valence-corrected chi connectivity index (χ3v) is 2.86. The molecule has 1 unspecified atom stereocenters. The molecule has 19 heavy (non-hydrogen) atoms. The quantitative estimate of drug-likeness (QED) is 0.850. The molecule has 5 nitrogen and oxygen atoms in total. The Kier molecular flexibility index (Phi) is 3.97. The summed E-state index contributed by atoms with van der Waals surface area (Å²) in [5.74, 6) is 0. The van der Waals surface area contributed by atoms with Gasteiger partial charge in [0.1, 0.15) is 0 Å². The second-order valence-corrected chi connectivity index (χ2v) is 5.36. The van der Waals surface area contributed by atoms with Gasteiger partial charge in [0.25, 0.3) is 0 Å². The number of aromatic nitrogens is 2. The highest BCUT2D eigenvalue weighted by Gasteiger charge is 2.21. The topological polar surface area (TPSA) is 61.3 Å². The SMILES string of the molecule is CN(C)CC(C)(O)CNc1cnnc2ccccc12. The molecule has 0 radical (unpaired) electrons. The molecular weight excluding hydrogens is 240 g/mol. The Bertz CT molecular complexity index is 549. The average molecular weight is 260 g/mol. The maximum atomic E-state index is 10.3. The van der Waals surface area contributed by atoms with Gasteiger partial charge >= 0.3 is 0 Å². The van der Waals surface area contributed by atoms with Gasteiger partial charge in [0.05, 0.1) is 23.0 Å². The van der Waals surface area contributed by atoms with Crippen LogP contribution < -0.4 is 5.32 Å². The van der Waals surface area contributed by atoms with Crippen LogP contribution in [0.25, 0.3) is 10.9 Å². The highest BCUT2D eigenvalue weighted by atomic mass is 16.3. The van der Waals surface area contributed by atoms with E-state index in [4.69, 9.17) is 0 Å². The predicted octanol–water partition coefficient (Wildman–Crippen LogP) is 1.35. The number of aliphatic hydroxyl groups is 1.